The first-order valence-electron chi connectivity index (χ1n) is 9.00. The maximum Gasteiger partial charge on any atom is 0.255 e. The summed E-state index contributed by atoms with van der Waals surface area (Å²) >= 11 is 5.95. The van der Waals surface area contributed by atoms with E-state index in [0.29, 0.717) is 29.6 Å². The molecule has 0 atom stereocenters. The molecule has 138 valence electrons. The molecule has 0 saturated carbocycles. The summed E-state index contributed by atoms with van der Waals surface area (Å²) in [5.74, 6) is 1.41. The number of pyridine rings is 2. The highest BCUT2D eigenvalue weighted by Gasteiger charge is 2.27. The van der Waals surface area contributed by atoms with Gasteiger partial charge in [0.25, 0.3) is 5.91 Å². The van der Waals surface area contributed by atoms with E-state index in [1.165, 1.54) is 6.20 Å². The van der Waals surface area contributed by atoms with Crippen LogP contribution >= 0.6 is 11.6 Å². The lowest BCUT2D eigenvalue weighted by molar-refractivity contribution is 0.0710. The number of nitrogens with zero attached hydrogens (tertiary/aromatic N) is 5. The van der Waals surface area contributed by atoms with E-state index in [1.807, 2.05) is 29.6 Å². The fourth-order valence-corrected chi connectivity index (χ4v) is 3.73. The molecule has 0 bridgehead atoms. The number of likely N-dealkylation sites (tertiary alicyclic amines) is 1. The lowest BCUT2D eigenvalue weighted by Gasteiger charge is -2.32. The van der Waals surface area contributed by atoms with Crippen LogP contribution in [0.15, 0.2) is 55.4 Å². The van der Waals surface area contributed by atoms with E-state index < -0.39 is 0 Å². The number of hydrogen-bond donors (Lipinski definition) is 0. The van der Waals surface area contributed by atoms with Crippen LogP contribution in [0.4, 0.5) is 0 Å². The number of amides is 1. The molecule has 4 heterocycles. The van der Waals surface area contributed by atoms with Gasteiger partial charge in [-0.15, -0.1) is 0 Å². The predicted molar refractivity (Wildman–Crippen MR) is 103 cm³/mol. The standard InChI is InChI=1S/C20H20ClN5O/c21-18-10-17(12-23-13-18)20(27)25-7-3-16(4-8-25)19-24-6-9-26(19)14-15-2-1-5-22-11-15/h1-2,5-6,9-13,16H,3-4,7-8,14H2. The molecule has 0 aliphatic carbocycles. The molecule has 1 aliphatic heterocycles. The first kappa shape index (κ1) is 17.7. The Kier molecular flexibility index (Phi) is 5.16. The van der Waals surface area contributed by atoms with Crippen molar-refractivity contribution < 1.29 is 4.79 Å². The number of carbonyl (C=O) groups excluding carboxylic acids is 1. The SMILES string of the molecule is O=C(c1cncc(Cl)c1)N1CCC(c2nccn2Cc2cccnc2)CC1. The summed E-state index contributed by atoms with van der Waals surface area (Å²) in [6.07, 6.45) is 12.4. The zero-order valence-electron chi connectivity index (χ0n) is 14.8. The van der Waals surface area contributed by atoms with Gasteiger partial charge in [0.2, 0.25) is 0 Å². The second kappa shape index (κ2) is 7.88. The van der Waals surface area contributed by atoms with Crippen molar-refractivity contribution in [3.63, 3.8) is 0 Å². The Labute approximate surface area is 162 Å². The molecule has 27 heavy (non-hydrogen) atoms. The number of carbonyl (C=O) groups is 1. The van der Waals surface area contributed by atoms with Gasteiger partial charge in [-0.05, 0) is 30.5 Å². The zero-order valence-corrected chi connectivity index (χ0v) is 15.6. The molecule has 1 aliphatic rings. The third-order valence-corrected chi connectivity index (χ3v) is 5.13. The maximum atomic E-state index is 12.7. The third-order valence-electron chi connectivity index (χ3n) is 4.92. The van der Waals surface area contributed by atoms with E-state index in [-0.39, 0.29) is 5.91 Å². The van der Waals surface area contributed by atoms with Gasteiger partial charge in [0.1, 0.15) is 5.82 Å². The van der Waals surface area contributed by atoms with Crippen LogP contribution < -0.4 is 0 Å². The summed E-state index contributed by atoms with van der Waals surface area (Å²) in [7, 11) is 0. The van der Waals surface area contributed by atoms with E-state index in [9.17, 15) is 4.79 Å². The summed E-state index contributed by atoms with van der Waals surface area (Å²) < 4.78 is 2.18. The molecule has 3 aromatic rings. The molecule has 1 saturated heterocycles. The maximum absolute atomic E-state index is 12.7. The van der Waals surface area contributed by atoms with Gasteiger partial charge >= 0.3 is 0 Å². The van der Waals surface area contributed by atoms with Crippen LogP contribution in [0.2, 0.25) is 5.02 Å². The highest BCUT2D eigenvalue weighted by atomic mass is 35.5. The molecule has 6 nitrogen and oxygen atoms in total. The summed E-state index contributed by atoms with van der Waals surface area (Å²) in [6, 6.07) is 5.68. The normalized spacial score (nSPS) is 15.1. The first-order chi connectivity index (χ1) is 13.2. The van der Waals surface area contributed by atoms with Gasteiger partial charge in [-0.2, -0.15) is 0 Å². The molecule has 0 aromatic carbocycles. The zero-order chi connectivity index (χ0) is 18.6. The Hall–Kier alpha value is -2.73. The molecule has 0 N–H and O–H groups in total. The highest BCUT2D eigenvalue weighted by molar-refractivity contribution is 6.30. The highest BCUT2D eigenvalue weighted by Crippen LogP contribution is 2.28. The van der Waals surface area contributed by atoms with Crippen LogP contribution in [0.1, 0.15) is 40.5 Å². The summed E-state index contributed by atoms with van der Waals surface area (Å²) in [6.45, 7) is 2.17. The van der Waals surface area contributed by atoms with Crippen molar-refractivity contribution in [3.05, 3.63) is 77.4 Å². The molecule has 0 radical (unpaired) electrons. The number of piperidine rings is 1. The molecule has 1 amide bonds. The molecular formula is C20H20ClN5O. The van der Waals surface area contributed by atoms with E-state index in [4.69, 9.17) is 11.6 Å². The summed E-state index contributed by atoms with van der Waals surface area (Å²) in [5, 5.41) is 0.480. The largest absolute Gasteiger partial charge is 0.339 e. The Morgan fingerprint density at radius 1 is 1.15 bits per heavy atom. The second-order valence-corrected chi connectivity index (χ2v) is 7.17. The Morgan fingerprint density at radius 3 is 2.74 bits per heavy atom. The van der Waals surface area contributed by atoms with Crippen molar-refractivity contribution in [2.45, 2.75) is 25.3 Å². The number of hydrogen-bond acceptors (Lipinski definition) is 4. The Morgan fingerprint density at radius 2 is 2.00 bits per heavy atom. The molecule has 7 heteroatoms. The lowest BCUT2D eigenvalue weighted by Crippen LogP contribution is -2.38. The van der Waals surface area contributed by atoms with Crippen molar-refractivity contribution >= 4 is 17.5 Å². The lowest BCUT2D eigenvalue weighted by atomic mass is 9.95. The van der Waals surface area contributed by atoms with Crippen LogP contribution in [-0.2, 0) is 6.54 Å². The van der Waals surface area contributed by atoms with Crippen LogP contribution in [0.5, 0.6) is 0 Å². The quantitative estimate of drug-likeness (QED) is 0.694. The average Bonchev–Trinajstić information content (AvgIpc) is 3.16. The van der Waals surface area contributed by atoms with Gasteiger partial charge in [0, 0.05) is 56.2 Å². The van der Waals surface area contributed by atoms with Crippen molar-refractivity contribution in [1.29, 1.82) is 0 Å². The minimum atomic E-state index is -0.0119. The number of aromatic nitrogens is 4. The average molecular weight is 382 g/mol. The topological polar surface area (TPSA) is 63.9 Å². The summed E-state index contributed by atoms with van der Waals surface area (Å²) in [4.78, 5) is 27.3. The smallest absolute Gasteiger partial charge is 0.255 e. The molecule has 1 fully saturated rings. The predicted octanol–water partition coefficient (Wildman–Crippen LogP) is 3.39. The monoisotopic (exact) mass is 381 g/mol. The molecule has 0 unspecified atom stereocenters. The van der Waals surface area contributed by atoms with Crippen LogP contribution in [-0.4, -0.2) is 43.4 Å². The van der Waals surface area contributed by atoms with Crippen molar-refractivity contribution in [1.82, 2.24) is 24.4 Å². The van der Waals surface area contributed by atoms with Crippen molar-refractivity contribution in [2.24, 2.45) is 0 Å². The second-order valence-electron chi connectivity index (χ2n) is 6.73. The van der Waals surface area contributed by atoms with Gasteiger partial charge in [-0.25, -0.2) is 4.98 Å². The van der Waals surface area contributed by atoms with Gasteiger partial charge in [0.05, 0.1) is 17.1 Å². The number of rotatable bonds is 4. The van der Waals surface area contributed by atoms with Gasteiger partial charge in [0.15, 0.2) is 0 Å². The summed E-state index contributed by atoms with van der Waals surface area (Å²) in [5.41, 5.74) is 1.69. The number of imidazole rings is 1. The van der Waals surface area contributed by atoms with Crippen molar-refractivity contribution in [2.75, 3.05) is 13.1 Å². The third kappa shape index (κ3) is 4.01. The van der Waals surface area contributed by atoms with Gasteiger partial charge in [-0.3, -0.25) is 14.8 Å². The molecule has 0 spiro atoms. The van der Waals surface area contributed by atoms with E-state index in [1.54, 1.807) is 18.5 Å². The van der Waals surface area contributed by atoms with Gasteiger partial charge < -0.3 is 9.47 Å². The van der Waals surface area contributed by atoms with E-state index in [2.05, 4.69) is 25.6 Å². The molecule has 4 rings (SSSR count). The minimum Gasteiger partial charge on any atom is -0.339 e. The van der Waals surface area contributed by atoms with Gasteiger partial charge in [-0.1, -0.05) is 17.7 Å². The van der Waals surface area contributed by atoms with E-state index >= 15 is 0 Å². The minimum absolute atomic E-state index is 0.0119. The fraction of sp³-hybridized carbons (Fsp3) is 0.300. The Balaban J connectivity index is 1.41. The number of halogens is 1. The first-order valence-corrected chi connectivity index (χ1v) is 9.38. The van der Waals surface area contributed by atoms with Crippen molar-refractivity contribution in [3.8, 4) is 0 Å². The molecule has 3 aromatic heterocycles. The molecular weight excluding hydrogens is 362 g/mol. The Bertz CT molecular complexity index is 919. The van der Waals surface area contributed by atoms with E-state index in [0.717, 1.165) is 30.8 Å². The fourth-order valence-electron chi connectivity index (χ4n) is 3.55. The van der Waals surface area contributed by atoms with Crippen LogP contribution in [0.25, 0.3) is 0 Å². The van der Waals surface area contributed by atoms with Crippen LogP contribution in [0, 0.1) is 0 Å². The van der Waals surface area contributed by atoms with Crippen LogP contribution in [0.3, 0.4) is 0 Å².